The molecule has 0 aliphatic carbocycles. The van der Waals surface area contributed by atoms with Crippen LogP contribution in [0.4, 0.5) is 0 Å². The summed E-state index contributed by atoms with van der Waals surface area (Å²) in [6.07, 6.45) is 0.513. The lowest BCUT2D eigenvalue weighted by atomic mass is 9.98. The van der Waals surface area contributed by atoms with Crippen molar-refractivity contribution in [2.45, 2.75) is 27.2 Å². The summed E-state index contributed by atoms with van der Waals surface area (Å²) in [5.74, 6) is 11.1. The first-order valence-corrected chi connectivity index (χ1v) is 3.67. The second-order valence-electron chi connectivity index (χ2n) is 3.28. The second-order valence-corrected chi connectivity index (χ2v) is 3.28. The molecule has 1 nitrogen and oxygen atoms in total. The molecule has 0 saturated carbocycles. The predicted octanol–water partition coefficient (Wildman–Crippen LogP) is 1.42. The van der Waals surface area contributed by atoms with E-state index >= 15 is 0 Å². The lowest BCUT2D eigenvalue weighted by Gasteiger charge is -2.05. The van der Waals surface area contributed by atoms with E-state index in [2.05, 4.69) is 23.7 Å². The van der Waals surface area contributed by atoms with Gasteiger partial charge in [0, 0.05) is 11.8 Å². The number of aliphatic hydroxyl groups is 1. The number of hydrogen-bond acceptors (Lipinski definition) is 1. The molecule has 1 N–H and O–H groups in total. The summed E-state index contributed by atoms with van der Waals surface area (Å²) in [5.41, 5.74) is 0.0217. The van der Waals surface area contributed by atoms with Crippen LogP contribution in [0.5, 0.6) is 0 Å². The fraction of sp³-hybridized carbons (Fsp3) is 0.600. The van der Waals surface area contributed by atoms with Gasteiger partial charge in [0.25, 0.3) is 0 Å². The highest BCUT2D eigenvalue weighted by Crippen LogP contribution is 2.09. The van der Waals surface area contributed by atoms with Gasteiger partial charge in [0.05, 0.1) is 6.61 Å². The lowest BCUT2D eigenvalue weighted by Crippen LogP contribution is -1.98. The summed E-state index contributed by atoms with van der Waals surface area (Å²) >= 11 is 0. The van der Waals surface area contributed by atoms with Crippen molar-refractivity contribution < 1.29 is 5.11 Å². The van der Waals surface area contributed by atoms with Crippen molar-refractivity contribution in [2.24, 2.45) is 5.41 Å². The van der Waals surface area contributed by atoms with Gasteiger partial charge in [0.2, 0.25) is 0 Å². The van der Waals surface area contributed by atoms with Crippen molar-refractivity contribution in [2.75, 3.05) is 6.61 Å². The zero-order valence-corrected chi connectivity index (χ0v) is 7.36. The van der Waals surface area contributed by atoms with E-state index < -0.39 is 0 Å². The molecule has 0 aliphatic heterocycles. The minimum atomic E-state index is 0.0217. The highest BCUT2D eigenvalue weighted by atomic mass is 16.2. The first-order chi connectivity index (χ1) is 5.06. The molecule has 0 unspecified atom stereocenters. The number of rotatable bonds is 1. The Morgan fingerprint density at radius 2 is 1.82 bits per heavy atom. The molecule has 60 valence electrons. The van der Waals surface area contributed by atoms with Crippen LogP contribution in [0, 0.1) is 29.1 Å². The van der Waals surface area contributed by atoms with E-state index in [-0.39, 0.29) is 12.0 Å². The van der Waals surface area contributed by atoms with E-state index in [4.69, 9.17) is 5.11 Å². The van der Waals surface area contributed by atoms with Crippen LogP contribution in [0.3, 0.4) is 0 Å². The number of hydrogen-bond donors (Lipinski definition) is 1. The van der Waals surface area contributed by atoms with E-state index in [0.717, 1.165) is 0 Å². The maximum atomic E-state index is 8.37. The summed E-state index contributed by atoms with van der Waals surface area (Å²) in [7, 11) is 0. The monoisotopic (exact) mass is 150 g/mol. The van der Waals surface area contributed by atoms with Gasteiger partial charge in [-0.05, 0) is 32.6 Å². The van der Waals surface area contributed by atoms with Crippen molar-refractivity contribution in [3.05, 3.63) is 0 Å². The SMILES string of the molecule is CC(C)(C)C#CC#CCCO. The Hall–Kier alpha value is -0.920. The van der Waals surface area contributed by atoms with Gasteiger partial charge >= 0.3 is 0 Å². The van der Waals surface area contributed by atoms with Gasteiger partial charge < -0.3 is 5.11 Å². The molecule has 0 fully saturated rings. The Balaban J connectivity index is 3.84. The largest absolute Gasteiger partial charge is 0.395 e. The first kappa shape index (κ1) is 10.1. The van der Waals surface area contributed by atoms with Crippen LogP contribution < -0.4 is 0 Å². The quantitative estimate of drug-likeness (QED) is 0.560. The van der Waals surface area contributed by atoms with Crippen molar-refractivity contribution in [3.8, 4) is 23.7 Å². The summed E-state index contributed by atoms with van der Waals surface area (Å²) in [6, 6.07) is 0. The van der Waals surface area contributed by atoms with Gasteiger partial charge in [-0.3, -0.25) is 0 Å². The molecule has 0 bridgehead atoms. The van der Waals surface area contributed by atoms with Gasteiger partial charge in [-0.25, -0.2) is 0 Å². The predicted molar refractivity (Wildman–Crippen MR) is 46.7 cm³/mol. The third kappa shape index (κ3) is 9.08. The van der Waals surface area contributed by atoms with Gasteiger partial charge in [-0.15, -0.1) is 0 Å². The first-order valence-electron chi connectivity index (χ1n) is 3.67. The van der Waals surface area contributed by atoms with Gasteiger partial charge in [0.1, 0.15) is 0 Å². The zero-order chi connectivity index (χ0) is 8.74. The summed E-state index contributed by atoms with van der Waals surface area (Å²) in [4.78, 5) is 0. The molecule has 0 amide bonds. The molecule has 0 rings (SSSR count). The average molecular weight is 150 g/mol. The van der Waals surface area contributed by atoms with E-state index in [0.29, 0.717) is 6.42 Å². The van der Waals surface area contributed by atoms with Crippen LogP contribution in [-0.4, -0.2) is 11.7 Å². The van der Waals surface area contributed by atoms with Crippen molar-refractivity contribution >= 4 is 0 Å². The van der Waals surface area contributed by atoms with E-state index in [1.807, 2.05) is 20.8 Å². The van der Waals surface area contributed by atoms with Crippen LogP contribution >= 0.6 is 0 Å². The Labute approximate surface area is 68.8 Å². The normalized spacial score (nSPS) is 9.09. The second kappa shape index (κ2) is 4.83. The molecule has 0 aromatic carbocycles. The Bertz CT molecular complexity index is 211. The minimum Gasteiger partial charge on any atom is -0.395 e. The smallest absolute Gasteiger partial charge is 0.0540 e. The standard InChI is InChI=1S/C10H14O/c1-10(2,3)8-6-4-5-7-9-11/h11H,7,9H2,1-3H3. The number of aliphatic hydroxyl groups excluding tert-OH is 1. The molecule has 0 radical (unpaired) electrons. The summed E-state index contributed by atoms with van der Waals surface area (Å²) < 4.78 is 0. The minimum absolute atomic E-state index is 0.0217. The lowest BCUT2D eigenvalue weighted by molar-refractivity contribution is 0.305. The van der Waals surface area contributed by atoms with Crippen LogP contribution in [-0.2, 0) is 0 Å². The third-order valence-electron chi connectivity index (χ3n) is 0.825. The molecule has 0 atom stereocenters. The Kier molecular flexibility index (Phi) is 4.42. The summed E-state index contributed by atoms with van der Waals surface area (Å²) in [6.45, 7) is 6.22. The molecule has 0 aromatic heterocycles. The van der Waals surface area contributed by atoms with E-state index in [1.165, 1.54) is 0 Å². The van der Waals surface area contributed by atoms with Crippen molar-refractivity contribution in [1.29, 1.82) is 0 Å². The summed E-state index contributed by atoms with van der Waals surface area (Å²) in [5, 5.41) is 8.37. The molecular formula is C10H14O. The highest BCUT2D eigenvalue weighted by Gasteiger charge is 2.02. The average Bonchev–Trinajstić information content (AvgIpc) is 1.85. The third-order valence-corrected chi connectivity index (χ3v) is 0.825. The van der Waals surface area contributed by atoms with Crippen LogP contribution in [0.2, 0.25) is 0 Å². The highest BCUT2D eigenvalue weighted by molar-refractivity contribution is 5.27. The fourth-order valence-electron chi connectivity index (χ4n) is 0.381. The molecule has 0 aliphatic rings. The topological polar surface area (TPSA) is 20.2 Å². The van der Waals surface area contributed by atoms with Crippen molar-refractivity contribution in [1.82, 2.24) is 0 Å². The maximum Gasteiger partial charge on any atom is 0.0540 e. The molecule has 1 heteroatoms. The van der Waals surface area contributed by atoms with Gasteiger partial charge in [-0.1, -0.05) is 11.8 Å². The van der Waals surface area contributed by atoms with E-state index in [1.54, 1.807) is 0 Å². The molecule has 0 spiro atoms. The van der Waals surface area contributed by atoms with Crippen LogP contribution in [0.1, 0.15) is 27.2 Å². The van der Waals surface area contributed by atoms with Gasteiger partial charge in [-0.2, -0.15) is 0 Å². The Morgan fingerprint density at radius 3 is 2.27 bits per heavy atom. The van der Waals surface area contributed by atoms with Gasteiger partial charge in [0.15, 0.2) is 0 Å². The van der Waals surface area contributed by atoms with Crippen molar-refractivity contribution in [3.63, 3.8) is 0 Å². The Morgan fingerprint density at radius 1 is 1.18 bits per heavy atom. The fourth-order valence-corrected chi connectivity index (χ4v) is 0.381. The van der Waals surface area contributed by atoms with E-state index in [9.17, 15) is 0 Å². The van der Waals surface area contributed by atoms with Crippen LogP contribution in [0.25, 0.3) is 0 Å². The molecule has 0 heterocycles. The molecular weight excluding hydrogens is 136 g/mol. The molecule has 0 aromatic rings. The molecule has 11 heavy (non-hydrogen) atoms. The van der Waals surface area contributed by atoms with Crippen LogP contribution in [0.15, 0.2) is 0 Å². The zero-order valence-electron chi connectivity index (χ0n) is 7.36. The molecule has 0 saturated heterocycles. The maximum absolute atomic E-state index is 8.37.